The van der Waals surface area contributed by atoms with E-state index in [1.165, 1.54) is 0 Å². The highest BCUT2D eigenvalue weighted by Gasteiger charge is 2.19. The van der Waals surface area contributed by atoms with Crippen LogP contribution in [0.4, 0.5) is 0 Å². The number of aromatic carboxylic acids is 1. The first-order valence-corrected chi connectivity index (χ1v) is 4.61. The molecule has 0 radical (unpaired) electrons. The lowest BCUT2D eigenvalue weighted by Crippen LogP contribution is -1.94. The monoisotopic (exact) mass is 222 g/mol. The van der Waals surface area contributed by atoms with Crippen LogP contribution in [0.25, 0.3) is 0 Å². The third-order valence-electron chi connectivity index (χ3n) is 1.78. The Balaban J connectivity index is 0.000000165. The third-order valence-corrected chi connectivity index (χ3v) is 1.78. The second-order valence-electron chi connectivity index (χ2n) is 3.02. The summed E-state index contributed by atoms with van der Waals surface area (Å²) in [7, 11) is 0. The van der Waals surface area contributed by atoms with Crippen LogP contribution in [0, 0.1) is 0 Å². The summed E-state index contributed by atoms with van der Waals surface area (Å²) in [5, 5.41) is 8.38. The second-order valence-corrected chi connectivity index (χ2v) is 3.02. The molecule has 1 aliphatic heterocycles. The van der Waals surface area contributed by atoms with Gasteiger partial charge in [0.25, 0.3) is 0 Å². The summed E-state index contributed by atoms with van der Waals surface area (Å²) in [6.45, 7) is 0. The predicted molar refractivity (Wildman–Crippen MR) is 53.7 cm³/mol. The molecule has 16 heavy (non-hydrogen) atoms. The maximum atomic E-state index is 10.2. The highest BCUT2D eigenvalue weighted by atomic mass is 16.6. The molecule has 0 saturated carbocycles. The topological polar surface area (TPSA) is 80.7 Å². The molecule has 1 aromatic carbocycles. The number of cyclic esters (lactones) is 2. The van der Waals surface area contributed by atoms with Crippen LogP contribution in [-0.2, 0) is 14.3 Å². The van der Waals surface area contributed by atoms with E-state index in [1.54, 1.807) is 30.3 Å². The second kappa shape index (κ2) is 5.65. The van der Waals surface area contributed by atoms with Gasteiger partial charge in [-0.15, -0.1) is 0 Å². The van der Waals surface area contributed by atoms with Crippen molar-refractivity contribution in [1.82, 2.24) is 0 Å². The fourth-order valence-electron chi connectivity index (χ4n) is 1.01. The molecular formula is C11H10O5. The van der Waals surface area contributed by atoms with Crippen LogP contribution in [0.5, 0.6) is 0 Å². The zero-order valence-electron chi connectivity index (χ0n) is 8.38. The van der Waals surface area contributed by atoms with Crippen molar-refractivity contribution in [2.24, 2.45) is 0 Å². The SMILES string of the molecule is O=C(O)c1ccccc1.O=C1CCC(=O)O1. The molecule has 0 aromatic heterocycles. The summed E-state index contributed by atoms with van der Waals surface area (Å²) < 4.78 is 4.08. The maximum Gasteiger partial charge on any atom is 0.335 e. The van der Waals surface area contributed by atoms with Crippen LogP contribution >= 0.6 is 0 Å². The minimum Gasteiger partial charge on any atom is -0.478 e. The van der Waals surface area contributed by atoms with E-state index in [4.69, 9.17) is 5.11 Å². The molecule has 5 nitrogen and oxygen atoms in total. The zero-order chi connectivity index (χ0) is 12.0. The van der Waals surface area contributed by atoms with Crippen LogP contribution in [0.1, 0.15) is 23.2 Å². The Bertz CT molecular complexity index is 382. The molecule has 1 aliphatic rings. The van der Waals surface area contributed by atoms with Crippen molar-refractivity contribution in [2.75, 3.05) is 0 Å². The molecule has 1 aromatic rings. The van der Waals surface area contributed by atoms with E-state index < -0.39 is 17.9 Å². The Morgan fingerprint density at radius 3 is 1.81 bits per heavy atom. The van der Waals surface area contributed by atoms with Crippen molar-refractivity contribution < 1.29 is 24.2 Å². The minimum atomic E-state index is -0.879. The Kier molecular flexibility index (Phi) is 4.20. The van der Waals surface area contributed by atoms with E-state index >= 15 is 0 Å². The van der Waals surface area contributed by atoms with Gasteiger partial charge in [-0.05, 0) is 12.1 Å². The first-order chi connectivity index (χ1) is 7.59. The summed E-state index contributed by atoms with van der Waals surface area (Å²) in [5.41, 5.74) is 0.331. The van der Waals surface area contributed by atoms with E-state index in [-0.39, 0.29) is 12.8 Å². The van der Waals surface area contributed by atoms with Gasteiger partial charge in [-0.2, -0.15) is 0 Å². The molecule has 0 amide bonds. The van der Waals surface area contributed by atoms with Crippen LogP contribution in [0.2, 0.25) is 0 Å². The van der Waals surface area contributed by atoms with Crippen molar-refractivity contribution in [1.29, 1.82) is 0 Å². The van der Waals surface area contributed by atoms with Crippen molar-refractivity contribution in [3.63, 3.8) is 0 Å². The Morgan fingerprint density at radius 1 is 1.06 bits per heavy atom. The van der Waals surface area contributed by atoms with Crippen molar-refractivity contribution >= 4 is 17.9 Å². The number of carbonyl (C=O) groups excluding carboxylic acids is 2. The lowest BCUT2D eigenvalue weighted by Gasteiger charge is -1.88. The van der Waals surface area contributed by atoms with E-state index in [1.807, 2.05) is 0 Å². The molecule has 5 heteroatoms. The van der Waals surface area contributed by atoms with E-state index in [0.29, 0.717) is 5.56 Å². The Morgan fingerprint density at radius 2 is 1.56 bits per heavy atom. The molecule has 1 saturated heterocycles. The largest absolute Gasteiger partial charge is 0.478 e. The fourth-order valence-corrected chi connectivity index (χ4v) is 1.01. The van der Waals surface area contributed by atoms with Gasteiger partial charge in [0.15, 0.2) is 0 Å². The molecule has 0 spiro atoms. The molecule has 2 rings (SSSR count). The summed E-state index contributed by atoms with van der Waals surface area (Å²) in [6, 6.07) is 8.30. The molecule has 0 atom stereocenters. The van der Waals surface area contributed by atoms with Gasteiger partial charge in [-0.3, -0.25) is 9.59 Å². The number of esters is 2. The smallest absolute Gasteiger partial charge is 0.335 e. The van der Waals surface area contributed by atoms with Gasteiger partial charge in [-0.1, -0.05) is 18.2 Å². The number of carboxylic acid groups (broad SMARTS) is 1. The fraction of sp³-hybridized carbons (Fsp3) is 0.182. The highest BCUT2D eigenvalue weighted by molar-refractivity contribution is 5.92. The normalized spacial score (nSPS) is 13.8. The van der Waals surface area contributed by atoms with Crippen molar-refractivity contribution in [2.45, 2.75) is 12.8 Å². The van der Waals surface area contributed by atoms with Crippen LogP contribution in [-0.4, -0.2) is 23.0 Å². The van der Waals surface area contributed by atoms with Gasteiger partial charge in [0.2, 0.25) is 0 Å². The molecule has 1 N–H and O–H groups in total. The molecular weight excluding hydrogens is 212 g/mol. The standard InChI is InChI=1S/C7H6O2.C4H4O3/c8-7(9)6-4-2-1-3-5-6;5-3-1-2-4(6)7-3/h1-5H,(H,8,9);1-2H2. The van der Waals surface area contributed by atoms with E-state index in [2.05, 4.69) is 4.74 Å². The molecule has 0 unspecified atom stereocenters. The minimum absolute atomic E-state index is 0.263. The van der Waals surface area contributed by atoms with Gasteiger partial charge in [0, 0.05) is 0 Å². The third kappa shape index (κ3) is 3.91. The highest BCUT2D eigenvalue weighted by Crippen LogP contribution is 2.03. The van der Waals surface area contributed by atoms with E-state index in [0.717, 1.165) is 0 Å². The van der Waals surface area contributed by atoms with Gasteiger partial charge in [0.05, 0.1) is 18.4 Å². The first kappa shape index (κ1) is 11.9. The van der Waals surface area contributed by atoms with Crippen LogP contribution in [0.15, 0.2) is 30.3 Å². The van der Waals surface area contributed by atoms with Gasteiger partial charge >= 0.3 is 17.9 Å². The molecule has 1 fully saturated rings. The number of hydrogen-bond donors (Lipinski definition) is 1. The lowest BCUT2D eigenvalue weighted by molar-refractivity contribution is -0.151. The molecule has 0 bridgehead atoms. The Hall–Kier alpha value is -2.17. The quantitative estimate of drug-likeness (QED) is 0.571. The average molecular weight is 222 g/mol. The molecule has 1 heterocycles. The summed E-state index contributed by atoms with van der Waals surface area (Å²) >= 11 is 0. The first-order valence-electron chi connectivity index (χ1n) is 4.61. The number of hydrogen-bond acceptors (Lipinski definition) is 4. The molecule has 0 aliphatic carbocycles. The summed E-state index contributed by atoms with van der Waals surface area (Å²) in [4.78, 5) is 30.2. The van der Waals surface area contributed by atoms with Crippen molar-refractivity contribution in [3.05, 3.63) is 35.9 Å². The number of ether oxygens (including phenoxy) is 1. The zero-order valence-corrected chi connectivity index (χ0v) is 8.38. The number of carboxylic acids is 1. The predicted octanol–water partition coefficient (Wildman–Crippen LogP) is 1.23. The summed E-state index contributed by atoms with van der Waals surface area (Å²) in [5.74, 6) is -1.68. The van der Waals surface area contributed by atoms with Gasteiger partial charge in [-0.25, -0.2) is 4.79 Å². The van der Waals surface area contributed by atoms with Crippen LogP contribution in [0.3, 0.4) is 0 Å². The number of rotatable bonds is 1. The van der Waals surface area contributed by atoms with Crippen molar-refractivity contribution in [3.8, 4) is 0 Å². The molecule has 84 valence electrons. The maximum absolute atomic E-state index is 10.2. The van der Waals surface area contributed by atoms with Crippen LogP contribution < -0.4 is 0 Å². The lowest BCUT2D eigenvalue weighted by atomic mass is 10.2. The van der Waals surface area contributed by atoms with Gasteiger partial charge < -0.3 is 9.84 Å². The van der Waals surface area contributed by atoms with Gasteiger partial charge in [0.1, 0.15) is 0 Å². The number of benzene rings is 1. The average Bonchev–Trinajstić information content (AvgIpc) is 2.65. The summed E-state index contributed by atoms with van der Waals surface area (Å²) in [6.07, 6.45) is 0.525. The number of carbonyl (C=O) groups is 3. The van der Waals surface area contributed by atoms with E-state index in [9.17, 15) is 14.4 Å². The Labute approximate surface area is 91.6 Å².